The molecule has 2 aliphatic heterocycles. The summed E-state index contributed by atoms with van der Waals surface area (Å²) in [6, 6.07) is 13.7. The van der Waals surface area contributed by atoms with Crippen LogP contribution in [0.4, 0.5) is 0 Å². The third kappa shape index (κ3) is 5.39. The third-order valence-electron chi connectivity index (χ3n) is 9.64. The lowest BCUT2D eigenvalue weighted by molar-refractivity contribution is -0.184. The number of nitrogens with one attached hydrogen (secondary N) is 1. The molecular formula is C36H40N2O7. The Balaban J connectivity index is 1.50. The second-order valence-corrected chi connectivity index (χ2v) is 12.6. The highest BCUT2D eigenvalue weighted by atomic mass is 16.6. The van der Waals surface area contributed by atoms with Crippen molar-refractivity contribution in [2.24, 2.45) is 11.7 Å². The van der Waals surface area contributed by atoms with Crippen LogP contribution in [-0.4, -0.2) is 46.8 Å². The molecule has 3 aliphatic rings. The lowest BCUT2D eigenvalue weighted by Gasteiger charge is -2.53. The van der Waals surface area contributed by atoms with Crippen molar-refractivity contribution in [3.05, 3.63) is 111 Å². The minimum atomic E-state index is -1.10. The number of aliphatic hydroxyl groups excluding tert-OH is 2. The molecule has 45 heavy (non-hydrogen) atoms. The zero-order valence-electron chi connectivity index (χ0n) is 25.8. The predicted molar refractivity (Wildman–Crippen MR) is 171 cm³/mol. The van der Waals surface area contributed by atoms with Gasteiger partial charge in [-0.25, -0.2) is 9.59 Å². The van der Waals surface area contributed by atoms with E-state index in [1.54, 1.807) is 25.1 Å². The first-order chi connectivity index (χ1) is 21.6. The summed E-state index contributed by atoms with van der Waals surface area (Å²) < 4.78 is 19.3. The highest BCUT2D eigenvalue weighted by molar-refractivity contribution is 5.88. The fraction of sp³-hybridized carbons (Fsp3) is 0.389. The Morgan fingerprint density at radius 1 is 1.20 bits per heavy atom. The van der Waals surface area contributed by atoms with Crippen LogP contribution in [0.25, 0.3) is 11.0 Å². The lowest BCUT2D eigenvalue weighted by Crippen LogP contribution is -2.65. The molecule has 5 N–H and O–H groups in total. The number of hydrogen-bond acceptors (Lipinski definition) is 9. The molecule has 3 heterocycles. The molecule has 9 nitrogen and oxygen atoms in total. The average Bonchev–Trinajstić information content (AvgIpc) is 3.40. The molecule has 0 radical (unpaired) electrons. The zero-order valence-corrected chi connectivity index (χ0v) is 25.8. The van der Waals surface area contributed by atoms with Gasteiger partial charge in [0, 0.05) is 54.8 Å². The Labute approximate surface area is 262 Å². The van der Waals surface area contributed by atoms with E-state index < -0.39 is 22.8 Å². The number of ether oxygens (including phenoxy) is 2. The number of carbonyl (C=O) groups is 1. The Kier molecular flexibility index (Phi) is 8.20. The maximum absolute atomic E-state index is 13.4. The van der Waals surface area contributed by atoms with E-state index in [0.29, 0.717) is 48.2 Å². The largest absolute Gasteiger partial charge is 0.481 e. The number of fused-ring (bicyclic) bond motifs is 3. The smallest absolute Gasteiger partial charge is 0.339 e. The predicted octanol–water partition coefficient (Wildman–Crippen LogP) is 3.94. The van der Waals surface area contributed by atoms with Gasteiger partial charge in [-0.2, -0.15) is 0 Å². The van der Waals surface area contributed by atoms with Gasteiger partial charge in [0.25, 0.3) is 0 Å². The molecular weight excluding hydrogens is 572 g/mol. The topological polar surface area (TPSA) is 144 Å². The van der Waals surface area contributed by atoms with Crippen LogP contribution in [0, 0.1) is 5.92 Å². The molecule has 9 heteroatoms. The monoisotopic (exact) mass is 612 g/mol. The minimum absolute atomic E-state index is 0.0780. The molecule has 5 atom stereocenters. The normalized spacial score (nSPS) is 26.1. The Morgan fingerprint density at radius 2 is 2.00 bits per heavy atom. The van der Waals surface area contributed by atoms with Crippen LogP contribution in [0.3, 0.4) is 0 Å². The number of carbonyl (C=O) groups excluding carboxylic acids is 1. The quantitative estimate of drug-likeness (QED) is 0.169. The fourth-order valence-electron chi connectivity index (χ4n) is 7.05. The molecule has 1 unspecified atom stereocenters. The zero-order chi connectivity index (χ0) is 31.9. The summed E-state index contributed by atoms with van der Waals surface area (Å²) in [6.45, 7) is 5.27. The number of nitrogens with two attached hydrogens (primary N) is 1. The number of rotatable bonds is 8. The molecule has 1 aliphatic carbocycles. The molecule has 1 aromatic heterocycles. The molecule has 3 aromatic rings. The first-order valence-electron chi connectivity index (χ1n) is 15.5. The first kappa shape index (κ1) is 30.8. The fourth-order valence-corrected chi connectivity index (χ4v) is 7.05. The minimum Gasteiger partial charge on any atom is -0.481 e. The number of hydrogen-bond donors (Lipinski definition) is 4. The average molecular weight is 613 g/mol. The standard InChI is InChI=1S/C36H40N2O7/c1-4-21(2)33(41)45-35(3)17-23-7-5-6-8-28(23)32(24-9-10-31(37)38-19-24)36(35)18-27-15-25-14-26(13-22(20-40)11-12-39)34(42)43-29(25)16-30(27)44-36/h4-10,14-16,19,22,31-32,38-40H,11-13,17-18,20,37H2,1-3H3/b21-4+/t22-,31?,32-,35+,36-/m1/s1. The maximum Gasteiger partial charge on any atom is 0.339 e. The lowest BCUT2D eigenvalue weighted by atomic mass is 9.59. The summed E-state index contributed by atoms with van der Waals surface area (Å²) in [5.74, 6) is -0.447. The van der Waals surface area contributed by atoms with Crippen molar-refractivity contribution in [3.8, 4) is 5.75 Å². The molecule has 6 rings (SSSR count). The van der Waals surface area contributed by atoms with Gasteiger partial charge < -0.3 is 35.2 Å². The van der Waals surface area contributed by atoms with Gasteiger partial charge in [0.15, 0.2) is 11.2 Å². The second kappa shape index (κ2) is 12.0. The van der Waals surface area contributed by atoms with E-state index in [1.165, 1.54) is 0 Å². The molecule has 236 valence electrons. The van der Waals surface area contributed by atoms with Crippen LogP contribution in [0.2, 0.25) is 0 Å². The van der Waals surface area contributed by atoms with Crippen molar-refractivity contribution >= 4 is 16.9 Å². The van der Waals surface area contributed by atoms with Crippen molar-refractivity contribution in [1.29, 1.82) is 0 Å². The van der Waals surface area contributed by atoms with Crippen LogP contribution in [0.15, 0.2) is 87.3 Å². The van der Waals surface area contributed by atoms with Crippen LogP contribution >= 0.6 is 0 Å². The first-order valence-corrected chi connectivity index (χ1v) is 15.5. The number of esters is 1. The van der Waals surface area contributed by atoms with Gasteiger partial charge in [0.1, 0.15) is 11.3 Å². The van der Waals surface area contributed by atoms with Gasteiger partial charge in [-0.05, 0) is 80.0 Å². The molecule has 0 saturated carbocycles. The van der Waals surface area contributed by atoms with Gasteiger partial charge in [-0.15, -0.1) is 0 Å². The van der Waals surface area contributed by atoms with Crippen molar-refractivity contribution in [2.75, 3.05) is 13.2 Å². The van der Waals surface area contributed by atoms with Crippen molar-refractivity contribution in [3.63, 3.8) is 0 Å². The van der Waals surface area contributed by atoms with Gasteiger partial charge in [0.05, 0.1) is 12.1 Å². The van der Waals surface area contributed by atoms with E-state index >= 15 is 0 Å². The van der Waals surface area contributed by atoms with Crippen LogP contribution < -0.4 is 21.4 Å². The van der Waals surface area contributed by atoms with Crippen molar-refractivity contribution < 1.29 is 28.9 Å². The Morgan fingerprint density at radius 3 is 2.71 bits per heavy atom. The number of dihydropyridines is 1. The SMILES string of the molecule is C/C=C(\C)C(=O)O[C@@]1(C)Cc2ccccc2[C@@H](C2=CNC(N)C=C2)[C@]12Cc1cc3cc(C[C@H](CO)CCO)c(=O)oc3cc1O2. The highest BCUT2D eigenvalue weighted by Crippen LogP contribution is 2.58. The summed E-state index contributed by atoms with van der Waals surface area (Å²) in [4.78, 5) is 26.4. The van der Waals surface area contributed by atoms with Gasteiger partial charge in [0.2, 0.25) is 0 Å². The van der Waals surface area contributed by atoms with Gasteiger partial charge in [-0.1, -0.05) is 36.4 Å². The van der Waals surface area contributed by atoms with E-state index in [1.807, 2.05) is 50.4 Å². The summed E-state index contributed by atoms with van der Waals surface area (Å²) in [5.41, 5.74) is 8.78. The highest BCUT2D eigenvalue weighted by Gasteiger charge is 2.64. The molecule has 0 amide bonds. The molecule has 1 spiro atoms. The summed E-state index contributed by atoms with van der Waals surface area (Å²) >= 11 is 0. The van der Waals surface area contributed by atoms with E-state index in [9.17, 15) is 19.8 Å². The van der Waals surface area contributed by atoms with Crippen LogP contribution in [0.5, 0.6) is 5.75 Å². The van der Waals surface area contributed by atoms with Crippen LogP contribution in [0.1, 0.15) is 55.4 Å². The number of allylic oxidation sites excluding steroid dienone is 2. The van der Waals surface area contributed by atoms with Crippen molar-refractivity contribution in [2.45, 2.75) is 69.7 Å². The molecule has 0 bridgehead atoms. The van der Waals surface area contributed by atoms with Gasteiger partial charge in [-0.3, -0.25) is 0 Å². The van der Waals surface area contributed by atoms with E-state index in [-0.39, 0.29) is 31.2 Å². The summed E-state index contributed by atoms with van der Waals surface area (Å²) in [6.07, 6.45) is 8.77. The van der Waals surface area contributed by atoms with E-state index in [0.717, 1.165) is 27.6 Å². The summed E-state index contributed by atoms with van der Waals surface area (Å²) in [5, 5.41) is 23.1. The van der Waals surface area contributed by atoms with E-state index in [2.05, 4.69) is 17.4 Å². The van der Waals surface area contributed by atoms with E-state index in [4.69, 9.17) is 19.6 Å². The Hall–Kier alpha value is -4.18. The second-order valence-electron chi connectivity index (χ2n) is 12.6. The summed E-state index contributed by atoms with van der Waals surface area (Å²) in [7, 11) is 0. The van der Waals surface area contributed by atoms with Crippen molar-refractivity contribution in [1.82, 2.24) is 5.32 Å². The van der Waals surface area contributed by atoms with Gasteiger partial charge >= 0.3 is 11.6 Å². The number of aliphatic hydroxyl groups is 2. The molecule has 2 aromatic carbocycles. The maximum atomic E-state index is 13.4. The van der Waals surface area contributed by atoms with Crippen LogP contribution in [-0.2, 0) is 28.8 Å². The number of benzene rings is 2. The molecule has 0 saturated heterocycles. The Bertz CT molecular complexity index is 1790. The third-order valence-corrected chi connectivity index (χ3v) is 9.64. The molecule has 0 fully saturated rings.